The fourth-order valence-corrected chi connectivity index (χ4v) is 3.83. The van der Waals surface area contributed by atoms with Gasteiger partial charge in [0.2, 0.25) is 0 Å². The highest BCUT2D eigenvalue weighted by Crippen LogP contribution is 2.24. The van der Waals surface area contributed by atoms with Crippen LogP contribution in [0.4, 0.5) is 5.69 Å². The van der Waals surface area contributed by atoms with Crippen molar-refractivity contribution in [1.29, 1.82) is 0 Å². The minimum atomic E-state index is -0.277. The molecule has 1 heterocycles. The van der Waals surface area contributed by atoms with Crippen LogP contribution in [0.2, 0.25) is 0 Å². The maximum absolute atomic E-state index is 12.9. The lowest BCUT2D eigenvalue weighted by Gasteiger charge is -2.13. The summed E-state index contributed by atoms with van der Waals surface area (Å²) in [5.41, 5.74) is 5.94. The Hall–Kier alpha value is -4.29. The molecule has 0 bridgehead atoms. The van der Waals surface area contributed by atoms with Crippen molar-refractivity contribution in [3.63, 3.8) is 0 Å². The molecule has 3 aromatic carbocycles. The van der Waals surface area contributed by atoms with Crippen molar-refractivity contribution in [2.45, 2.75) is 13.1 Å². The van der Waals surface area contributed by atoms with E-state index >= 15 is 0 Å². The van der Waals surface area contributed by atoms with E-state index in [4.69, 9.17) is 0 Å². The second-order valence-corrected chi connectivity index (χ2v) is 8.55. The molecule has 0 atom stereocenters. The van der Waals surface area contributed by atoms with Crippen LogP contribution in [0.25, 0.3) is 11.1 Å². The summed E-state index contributed by atoms with van der Waals surface area (Å²) in [6, 6.07) is 26.9. The zero-order valence-corrected chi connectivity index (χ0v) is 19.9. The van der Waals surface area contributed by atoms with Gasteiger partial charge in [0, 0.05) is 36.7 Å². The van der Waals surface area contributed by atoms with Crippen LogP contribution in [0.15, 0.2) is 97.3 Å². The number of aromatic nitrogens is 1. The number of hydrogen-bond donors (Lipinski definition) is 2. The van der Waals surface area contributed by atoms with Crippen molar-refractivity contribution in [2.24, 2.45) is 0 Å². The van der Waals surface area contributed by atoms with E-state index in [1.54, 1.807) is 42.6 Å². The van der Waals surface area contributed by atoms with Gasteiger partial charge in [-0.3, -0.25) is 14.6 Å². The standard InChI is InChI=1S/C29H28N4O2/c1-33(2)20-21-12-14-22(15-13-21)27-11-4-3-7-24(27)19-31-28(34)23-8-5-10-26(17-23)32-29(35)25-9-6-16-30-18-25/h3-18H,19-20H2,1-2H3,(H,31,34)(H,32,35). The molecule has 0 spiro atoms. The average molecular weight is 465 g/mol. The van der Waals surface area contributed by atoms with Gasteiger partial charge in [0.05, 0.1) is 5.56 Å². The van der Waals surface area contributed by atoms with Crippen molar-refractivity contribution in [2.75, 3.05) is 19.4 Å². The number of amides is 2. The molecule has 4 aromatic rings. The Labute approximate surface area is 205 Å². The van der Waals surface area contributed by atoms with Crippen molar-refractivity contribution >= 4 is 17.5 Å². The van der Waals surface area contributed by atoms with E-state index < -0.39 is 0 Å². The van der Waals surface area contributed by atoms with Gasteiger partial charge in [-0.1, -0.05) is 54.6 Å². The Morgan fingerprint density at radius 1 is 0.829 bits per heavy atom. The maximum Gasteiger partial charge on any atom is 0.257 e. The third-order valence-electron chi connectivity index (χ3n) is 5.53. The summed E-state index contributed by atoms with van der Waals surface area (Å²) < 4.78 is 0. The molecule has 0 aliphatic carbocycles. The van der Waals surface area contributed by atoms with Crippen molar-refractivity contribution < 1.29 is 9.59 Å². The van der Waals surface area contributed by atoms with Crippen LogP contribution in [-0.4, -0.2) is 35.8 Å². The number of anilines is 1. The van der Waals surface area contributed by atoms with Crippen LogP contribution in [0.3, 0.4) is 0 Å². The third kappa shape index (κ3) is 6.40. The van der Waals surface area contributed by atoms with Gasteiger partial charge in [0.1, 0.15) is 0 Å². The van der Waals surface area contributed by atoms with Gasteiger partial charge in [-0.05, 0) is 66.7 Å². The van der Waals surface area contributed by atoms with Crippen molar-refractivity contribution in [3.8, 4) is 11.1 Å². The summed E-state index contributed by atoms with van der Waals surface area (Å²) >= 11 is 0. The summed E-state index contributed by atoms with van der Waals surface area (Å²) in [7, 11) is 4.10. The van der Waals surface area contributed by atoms with Crippen LogP contribution in [-0.2, 0) is 13.1 Å². The molecule has 35 heavy (non-hydrogen) atoms. The minimum absolute atomic E-state index is 0.210. The van der Waals surface area contributed by atoms with Gasteiger partial charge in [-0.15, -0.1) is 0 Å². The summed E-state index contributed by atoms with van der Waals surface area (Å²) in [5.74, 6) is -0.486. The number of rotatable bonds is 8. The number of nitrogens with one attached hydrogen (secondary N) is 2. The molecule has 6 nitrogen and oxygen atoms in total. The first kappa shape index (κ1) is 23.9. The lowest BCUT2D eigenvalue weighted by atomic mass is 9.98. The molecule has 0 saturated heterocycles. The van der Waals surface area contributed by atoms with Crippen molar-refractivity contribution in [1.82, 2.24) is 15.2 Å². The second-order valence-electron chi connectivity index (χ2n) is 8.55. The Kier molecular flexibility index (Phi) is 7.65. The summed E-state index contributed by atoms with van der Waals surface area (Å²) in [4.78, 5) is 31.4. The zero-order chi connectivity index (χ0) is 24.6. The van der Waals surface area contributed by atoms with E-state index in [9.17, 15) is 9.59 Å². The monoisotopic (exact) mass is 464 g/mol. The summed E-state index contributed by atoms with van der Waals surface area (Å²) in [6.45, 7) is 1.28. The normalized spacial score (nSPS) is 10.7. The van der Waals surface area contributed by atoms with Gasteiger partial charge >= 0.3 is 0 Å². The van der Waals surface area contributed by atoms with Gasteiger partial charge in [-0.2, -0.15) is 0 Å². The predicted molar refractivity (Wildman–Crippen MR) is 139 cm³/mol. The van der Waals surface area contributed by atoms with Crippen LogP contribution >= 0.6 is 0 Å². The van der Waals surface area contributed by atoms with Gasteiger partial charge in [0.15, 0.2) is 0 Å². The Morgan fingerprint density at radius 2 is 1.60 bits per heavy atom. The molecular weight excluding hydrogens is 436 g/mol. The third-order valence-corrected chi connectivity index (χ3v) is 5.53. The fourth-order valence-electron chi connectivity index (χ4n) is 3.83. The van der Waals surface area contributed by atoms with E-state index in [-0.39, 0.29) is 11.8 Å². The maximum atomic E-state index is 12.9. The molecule has 0 saturated carbocycles. The molecule has 4 rings (SSSR count). The summed E-state index contributed by atoms with van der Waals surface area (Å²) in [5, 5.41) is 5.82. The molecule has 2 N–H and O–H groups in total. The smallest absolute Gasteiger partial charge is 0.257 e. The molecule has 1 aromatic heterocycles. The lowest BCUT2D eigenvalue weighted by molar-refractivity contribution is 0.0949. The zero-order valence-electron chi connectivity index (χ0n) is 19.9. The van der Waals surface area contributed by atoms with Crippen molar-refractivity contribution in [3.05, 3.63) is 120 Å². The average Bonchev–Trinajstić information content (AvgIpc) is 2.88. The lowest BCUT2D eigenvalue weighted by Crippen LogP contribution is -2.23. The number of carbonyl (C=O) groups is 2. The Bertz CT molecular complexity index is 1300. The van der Waals surface area contributed by atoms with Crippen LogP contribution in [0.5, 0.6) is 0 Å². The molecule has 0 unspecified atom stereocenters. The Morgan fingerprint density at radius 3 is 2.34 bits per heavy atom. The molecule has 0 fully saturated rings. The van der Waals surface area contributed by atoms with Crippen LogP contribution in [0.1, 0.15) is 31.8 Å². The molecule has 176 valence electrons. The van der Waals surface area contributed by atoms with E-state index in [0.717, 1.165) is 23.2 Å². The predicted octanol–water partition coefficient (Wildman–Crippen LogP) is 4.99. The topological polar surface area (TPSA) is 74.3 Å². The first-order valence-corrected chi connectivity index (χ1v) is 11.4. The van der Waals surface area contributed by atoms with Gasteiger partial charge in [0.25, 0.3) is 11.8 Å². The number of benzene rings is 3. The highest BCUT2D eigenvalue weighted by atomic mass is 16.2. The summed E-state index contributed by atoms with van der Waals surface area (Å²) in [6.07, 6.45) is 3.11. The van der Waals surface area contributed by atoms with E-state index in [1.165, 1.54) is 11.8 Å². The Balaban J connectivity index is 1.43. The number of nitrogens with zero attached hydrogens (tertiary/aromatic N) is 2. The van der Waals surface area contributed by atoms with Crippen LogP contribution in [0, 0.1) is 0 Å². The fraction of sp³-hybridized carbons (Fsp3) is 0.138. The van der Waals surface area contributed by atoms with E-state index in [1.807, 2.05) is 18.2 Å². The van der Waals surface area contributed by atoms with Crippen LogP contribution < -0.4 is 10.6 Å². The first-order valence-electron chi connectivity index (χ1n) is 11.4. The first-order chi connectivity index (χ1) is 17.0. The number of carbonyl (C=O) groups excluding carboxylic acids is 2. The molecular formula is C29H28N4O2. The minimum Gasteiger partial charge on any atom is -0.348 e. The number of hydrogen-bond acceptors (Lipinski definition) is 4. The highest BCUT2D eigenvalue weighted by molar-refractivity contribution is 6.04. The van der Waals surface area contributed by atoms with Gasteiger partial charge < -0.3 is 15.5 Å². The number of pyridine rings is 1. The second kappa shape index (κ2) is 11.2. The molecule has 0 aliphatic rings. The molecule has 6 heteroatoms. The molecule has 2 amide bonds. The highest BCUT2D eigenvalue weighted by Gasteiger charge is 2.11. The quantitative estimate of drug-likeness (QED) is 0.385. The van der Waals surface area contributed by atoms with E-state index in [0.29, 0.717) is 23.4 Å². The van der Waals surface area contributed by atoms with E-state index in [2.05, 4.69) is 64.9 Å². The van der Waals surface area contributed by atoms with Gasteiger partial charge in [-0.25, -0.2) is 0 Å². The SMILES string of the molecule is CN(C)Cc1ccc(-c2ccccc2CNC(=O)c2cccc(NC(=O)c3cccnc3)c2)cc1. The largest absolute Gasteiger partial charge is 0.348 e. The molecule has 0 aliphatic heterocycles. The molecule has 0 radical (unpaired) electrons.